The van der Waals surface area contributed by atoms with Gasteiger partial charge in [0, 0.05) is 12.2 Å². The fourth-order valence-corrected chi connectivity index (χ4v) is 1.71. The van der Waals surface area contributed by atoms with Crippen molar-refractivity contribution < 1.29 is 13.9 Å². The van der Waals surface area contributed by atoms with Gasteiger partial charge in [0.1, 0.15) is 11.9 Å². The summed E-state index contributed by atoms with van der Waals surface area (Å²) >= 11 is 0. The van der Waals surface area contributed by atoms with Gasteiger partial charge in [-0.25, -0.2) is 4.39 Å². The third kappa shape index (κ3) is 1.85. The molecule has 1 aliphatic heterocycles. The van der Waals surface area contributed by atoms with Crippen molar-refractivity contribution in [2.75, 3.05) is 12.3 Å². The third-order valence-electron chi connectivity index (χ3n) is 2.54. The van der Waals surface area contributed by atoms with E-state index in [0.717, 1.165) is 6.42 Å². The highest BCUT2D eigenvalue weighted by molar-refractivity contribution is 6.03. The van der Waals surface area contributed by atoms with Crippen LogP contribution >= 0.6 is 0 Å². The maximum atomic E-state index is 13.1. The maximum Gasteiger partial charge on any atom is 0.193 e. The highest BCUT2D eigenvalue weighted by Gasteiger charge is 2.26. The van der Waals surface area contributed by atoms with Crippen molar-refractivity contribution in [1.29, 1.82) is 0 Å². The SMILES string of the molecule is Nc1c(F)cccc1C(=O)C1CCCO1. The molecule has 2 rings (SSSR count). The van der Waals surface area contributed by atoms with Gasteiger partial charge in [0.2, 0.25) is 0 Å². The fourth-order valence-electron chi connectivity index (χ4n) is 1.71. The van der Waals surface area contributed by atoms with Crippen molar-refractivity contribution in [2.24, 2.45) is 0 Å². The second kappa shape index (κ2) is 3.98. The second-order valence-corrected chi connectivity index (χ2v) is 3.57. The molecule has 1 heterocycles. The minimum absolute atomic E-state index is 0.0852. The van der Waals surface area contributed by atoms with Gasteiger partial charge in [0.05, 0.1) is 5.69 Å². The van der Waals surface area contributed by atoms with Crippen LogP contribution in [0.4, 0.5) is 10.1 Å². The van der Waals surface area contributed by atoms with Gasteiger partial charge in [-0.05, 0) is 25.0 Å². The molecular formula is C11H12FNO2. The average Bonchev–Trinajstić information content (AvgIpc) is 2.74. The van der Waals surface area contributed by atoms with Crippen LogP contribution in [-0.4, -0.2) is 18.5 Å². The number of para-hydroxylation sites is 1. The Labute approximate surface area is 87.0 Å². The Morgan fingerprint density at radius 3 is 3.00 bits per heavy atom. The molecule has 1 aromatic carbocycles. The molecule has 1 unspecified atom stereocenters. The highest BCUT2D eigenvalue weighted by atomic mass is 19.1. The van der Waals surface area contributed by atoms with E-state index in [1.165, 1.54) is 18.2 Å². The smallest absolute Gasteiger partial charge is 0.193 e. The number of nitrogens with two attached hydrogens (primary N) is 1. The Bertz CT molecular complexity index is 386. The zero-order chi connectivity index (χ0) is 10.8. The zero-order valence-corrected chi connectivity index (χ0v) is 8.20. The van der Waals surface area contributed by atoms with Gasteiger partial charge in [-0.2, -0.15) is 0 Å². The summed E-state index contributed by atoms with van der Waals surface area (Å²) < 4.78 is 18.3. The summed E-state index contributed by atoms with van der Waals surface area (Å²) in [7, 11) is 0. The van der Waals surface area contributed by atoms with Crippen molar-refractivity contribution in [3.63, 3.8) is 0 Å². The van der Waals surface area contributed by atoms with Crippen molar-refractivity contribution in [3.05, 3.63) is 29.6 Å². The van der Waals surface area contributed by atoms with Crippen LogP contribution in [0.15, 0.2) is 18.2 Å². The number of nitrogen functional groups attached to an aromatic ring is 1. The predicted octanol–water partition coefficient (Wildman–Crippen LogP) is 1.77. The van der Waals surface area contributed by atoms with Crippen LogP contribution in [0.3, 0.4) is 0 Å². The molecule has 1 fully saturated rings. The number of hydrogen-bond donors (Lipinski definition) is 1. The highest BCUT2D eigenvalue weighted by Crippen LogP contribution is 2.22. The summed E-state index contributed by atoms with van der Waals surface area (Å²) in [6.45, 7) is 0.589. The minimum Gasteiger partial charge on any atom is -0.396 e. The van der Waals surface area contributed by atoms with E-state index < -0.39 is 11.9 Å². The number of ketones is 1. The summed E-state index contributed by atoms with van der Waals surface area (Å²) in [5.74, 6) is -0.775. The Morgan fingerprint density at radius 1 is 1.53 bits per heavy atom. The van der Waals surface area contributed by atoms with Crippen molar-refractivity contribution in [3.8, 4) is 0 Å². The lowest BCUT2D eigenvalue weighted by atomic mass is 10.0. The molecule has 0 aliphatic carbocycles. The first-order chi connectivity index (χ1) is 7.20. The quantitative estimate of drug-likeness (QED) is 0.596. The molecule has 1 atom stereocenters. The number of benzene rings is 1. The lowest BCUT2D eigenvalue weighted by molar-refractivity contribution is 0.0643. The summed E-state index contributed by atoms with van der Waals surface area (Å²) in [6.07, 6.45) is 1.11. The molecule has 0 radical (unpaired) electrons. The van der Waals surface area contributed by atoms with Gasteiger partial charge in [-0.15, -0.1) is 0 Å². The Balaban J connectivity index is 2.28. The van der Waals surface area contributed by atoms with Crippen LogP contribution in [0, 0.1) is 5.82 Å². The second-order valence-electron chi connectivity index (χ2n) is 3.57. The number of halogens is 1. The van der Waals surface area contributed by atoms with Gasteiger partial charge >= 0.3 is 0 Å². The van der Waals surface area contributed by atoms with E-state index in [-0.39, 0.29) is 17.0 Å². The van der Waals surface area contributed by atoms with Crippen LogP contribution in [-0.2, 0) is 4.74 Å². The number of carbonyl (C=O) groups excluding carboxylic acids is 1. The van der Waals surface area contributed by atoms with E-state index in [1.807, 2.05) is 0 Å². The first-order valence-corrected chi connectivity index (χ1v) is 4.90. The summed E-state index contributed by atoms with van der Waals surface area (Å²) in [4.78, 5) is 11.8. The minimum atomic E-state index is -0.557. The molecule has 4 heteroatoms. The molecule has 1 aromatic rings. The molecule has 2 N–H and O–H groups in total. The first kappa shape index (κ1) is 10.1. The van der Waals surface area contributed by atoms with E-state index in [1.54, 1.807) is 0 Å². The molecule has 15 heavy (non-hydrogen) atoms. The normalized spacial score (nSPS) is 20.5. The van der Waals surface area contributed by atoms with Crippen molar-refractivity contribution >= 4 is 11.5 Å². The summed E-state index contributed by atoms with van der Waals surface area (Å²) in [5.41, 5.74) is 5.64. The third-order valence-corrected chi connectivity index (χ3v) is 2.54. The number of rotatable bonds is 2. The molecule has 0 amide bonds. The van der Waals surface area contributed by atoms with Gasteiger partial charge in [0.15, 0.2) is 5.78 Å². The van der Waals surface area contributed by atoms with Gasteiger partial charge < -0.3 is 10.5 Å². The Morgan fingerprint density at radius 2 is 2.33 bits per heavy atom. The summed E-state index contributed by atoms with van der Waals surface area (Å²) in [6, 6.07) is 4.25. The molecule has 1 aliphatic rings. The molecule has 0 spiro atoms. The topological polar surface area (TPSA) is 52.3 Å². The predicted molar refractivity (Wildman–Crippen MR) is 54.1 cm³/mol. The number of carbonyl (C=O) groups is 1. The number of ether oxygens (including phenoxy) is 1. The van der Waals surface area contributed by atoms with Crippen LogP contribution < -0.4 is 5.73 Å². The number of hydrogen-bond acceptors (Lipinski definition) is 3. The molecular weight excluding hydrogens is 197 g/mol. The lowest BCUT2D eigenvalue weighted by Crippen LogP contribution is -2.21. The van der Waals surface area contributed by atoms with Crippen molar-refractivity contribution in [2.45, 2.75) is 18.9 Å². The lowest BCUT2D eigenvalue weighted by Gasteiger charge is -2.10. The molecule has 0 bridgehead atoms. The maximum absolute atomic E-state index is 13.1. The van der Waals surface area contributed by atoms with E-state index in [4.69, 9.17) is 10.5 Å². The van der Waals surface area contributed by atoms with Crippen LogP contribution in [0.2, 0.25) is 0 Å². The van der Waals surface area contributed by atoms with E-state index in [9.17, 15) is 9.18 Å². The van der Waals surface area contributed by atoms with Gasteiger partial charge in [-0.3, -0.25) is 4.79 Å². The number of Topliss-reactive ketones (excluding diaryl/α,β-unsaturated/α-hetero) is 1. The van der Waals surface area contributed by atoms with Crippen molar-refractivity contribution in [1.82, 2.24) is 0 Å². The Kier molecular flexibility index (Phi) is 2.68. The average molecular weight is 209 g/mol. The van der Waals surface area contributed by atoms with Gasteiger partial charge in [-0.1, -0.05) is 6.07 Å². The molecule has 1 saturated heterocycles. The van der Waals surface area contributed by atoms with Crippen LogP contribution in [0.1, 0.15) is 23.2 Å². The first-order valence-electron chi connectivity index (χ1n) is 4.90. The Hall–Kier alpha value is -1.42. The standard InChI is InChI=1S/C11H12FNO2/c12-8-4-1-3-7(10(8)13)11(14)9-5-2-6-15-9/h1,3-4,9H,2,5-6,13H2. The van der Waals surface area contributed by atoms with Crippen LogP contribution in [0.25, 0.3) is 0 Å². The largest absolute Gasteiger partial charge is 0.396 e. The fraction of sp³-hybridized carbons (Fsp3) is 0.364. The zero-order valence-electron chi connectivity index (χ0n) is 8.20. The van der Waals surface area contributed by atoms with E-state index >= 15 is 0 Å². The summed E-state index contributed by atoms with van der Waals surface area (Å²) in [5, 5.41) is 0. The monoisotopic (exact) mass is 209 g/mol. The molecule has 80 valence electrons. The van der Waals surface area contributed by atoms with Crippen LogP contribution in [0.5, 0.6) is 0 Å². The molecule has 3 nitrogen and oxygen atoms in total. The van der Waals surface area contributed by atoms with E-state index in [0.29, 0.717) is 13.0 Å². The molecule has 0 aromatic heterocycles. The number of anilines is 1. The van der Waals surface area contributed by atoms with Gasteiger partial charge in [0.25, 0.3) is 0 Å². The molecule has 0 saturated carbocycles. The van der Waals surface area contributed by atoms with E-state index in [2.05, 4.69) is 0 Å².